The van der Waals surface area contributed by atoms with E-state index in [4.69, 9.17) is 18.9 Å². The van der Waals surface area contributed by atoms with Crippen LogP contribution >= 0.6 is 0 Å². The maximum Gasteiger partial charge on any atom is 0.255 e. The molecule has 2 aliphatic heterocycles. The number of hydrogen-bond acceptors (Lipinski definition) is 6. The number of anilines is 2. The fraction of sp³-hybridized carbons (Fsp3) is 0.133. The van der Waals surface area contributed by atoms with Crippen molar-refractivity contribution in [2.24, 2.45) is 0 Å². The van der Waals surface area contributed by atoms with Crippen LogP contribution in [-0.4, -0.2) is 25.4 Å². The molecular formula is C30H24N2O6. The summed E-state index contributed by atoms with van der Waals surface area (Å²) in [6.07, 6.45) is 0. The minimum atomic E-state index is -0.224. The van der Waals surface area contributed by atoms with Crippen LogP contribution in [0.1, 0.15) is 31.8 Å². The van der Waals surface area contributed by atoms with E-state index in [1.165, 1.54) is 0 Å². The molecule has 38 heavy (non-hydrogen) atoms. The van der Waals surface area contributed by atoms with Gasteiger partial charge < -0.3 is 29.6 Å². The summed E-state index contributed by atoms with van der Waals surface area (Å²) >= 11 is 0. The maximum absolute atomic E-state index is 12.8. The van der Waals surface area contributed by atoms with Crippen LogP contribution in [0.3, 0.4) is 0 Å². The molecule has 6 rings (SSSR count). The molecule has 2 heterocycles. The number of rotatable bonds is 5. The highest BCUT2D eigenvalue weighted by molar-refractivity contribution is 6.06. The monoisotopic (exact) mass is 508 g/mol. The summed E-state index contributed by atoms with van der Waals surface area (Å²) in [6.45, 7) is 4.22. The van der Waals surface area contributed by atoms with Crippen molar-refractivity contribution in [3.63, 3.8) is 0 Å². The minimum absolute atomic E-state index is 0.160. The van der Waals surface area contributed by atoms with Gasteiger partial charge in [0.2, 0.25) is 13.6 Å². The van der Waals surface area contributed by atoms with Gasteiger partial charge in [-0.25, -0.2) is 0 Å². The van der Waals surface area contributed by atoms with Gasteiger partial charge in [-0.2, -0.15) is 0 Å². The lowest BCUT2D eigenvalue weighted by Gasteiger charge is -2.13. The quantitative estimate of drug-likeness (QED) is 0.347. The largest absolute Gasteiger partial charge is 0.454 e. The summed E-state index contributed by atoms with van der Waals surface area (Å²) in [7, 11) is 0. The topological polar surface area (TPSA) is 95.1 Å². The van der Waals surface area contributed by atoms with Crippen LogP contribution in [-0.2, 0) is 0 Å². The second-order valence-electron chi connectivity index (χ2n) is 9.10. The normalized spacial score (nSPS) is 12.8. The van der Waals surface area contributed by atoms with Crippen LogP contribution < -0.4 is 29.6 Å². The Hall–Kier alpha value is -4.98. The van der Waals surface area contributed by atoms with Crippen molar-refractivity contribution in [3.8, 4) is 34.1 Å². The molecule has 0 fully saturated rings. The number of aryl methyl sites for hydroxylation is 2. The van der Waals surface area contributed by atoms with Crippen molar-refractivity contribution in [1.82, 2.24) is 0 Å². The Bertz CT molecular complexity index is 1480. The maximum atomic E-state index is 12.8. The molecule has 2 N–H and O–H groups in total. The Labute approximate surface area is 219 Å². The van der Waals surface area contributed by atoms with E-state index in [1.54, 1.807) is 36.4 Å². The SMILES string of the molecule is Cc1cc(-c2ccc(NC(=O)c3ccc4c(c3)OCO4)c(C)c2)ccc1NC(=O)c1ccc2c(c1)OCO2. The first kappa shape index (κ1) is 23.4. The molecule has 0 bridgehead atoms. The summed E-state index contributed by atoms with van der Waals surface area (Å²) in [6, 6.07) is 22.0. The van der Waals surface area contributed by atoms with Crippen molar-refractivity contribution < 1.29 is 28.5 Å². The van der Waals surface area contributed by atoms with E-state index in [2.05, 4.69) is 10.6 Å². The second kappa shape index (κ2) is 9.48. The van der Waals surface area contributed by atoms with Gasteiger partial charge in [-0.05, 0) is 96.8 Å². The molecular weight excluding hydrogens is 484 g/mol. The molecule has 0 saturated heterocycles. The average molecular weight is 509 g/mol. The van der Waals surface area contributed by atoms with Crippen molar-refractivity contribution >= 4 is 23.2 Å². The number of ether oxygens (including phenoxy) is 4. The van der Waals surface area contributed by atoms with Gasteiger partial charge in [-0.3, -0.25) is 9.59 Å². The lowest BCUT2D eigenvalue weighted by atomic mass is 9.99. The fourth-order valence-corrected chi connectivity index (χ4v) is 4.43. The molecule has 0 atom stereocenters. The second-order valence-corrected chi connectivity index (χ2v) is 9.10. The summed E-state index contributed by atoms with van der Waals surface area (Å²) in [5, 5.41) is 5.94. The molecule has 0 radical (unpaired) electrons. The number of benzene rings is 4. The Kier molecular flexibility index (Phi) is 5.84. The molecule has 0 unspecified atom stereocenters. The Morgan fingerprint density at radius 3 is 1.39 bits per heavy atom. The highest BCUT2D eigenvalue weighted by atomic mass is 16.7. The number of carbonyl (C=O) groups is 2. The minimum Gasteiger partial charge on any atom is -0.454 e. The number of fused-ring (bicyclic) bond motifs is 2. The molecule has 190 valence electrons. The number of amides is 2. The summed E-state index contributed by atoms with van der Waals surface area (Å²) in [5.41, 5.74) is 6.28. The summed E-state index contributed by atoms with van der Waals surface area (Å²) in [4.78, 5) is 25.6. The predicted octanol–water partition coefficient (Wildman–Crippen LogP) is 5.93. The molecule has 0 aliphatic carbocycles. The van der Waals surface area contributed by atoms with Crippen LogP contribution in [0.5, 0.6) is 23.0 Å². The van der Waals surface area contributed by atoms with E-state index in [1.807, 2.05) is 50.2 Å². The third-order valence-corrected chi connectivity index (χ3v) is 6.55. The first-order chi connectivity index (χ1) is 18.4. The van der Waals surface area contributed by atoms with Gasteiger partial charge in [-0.15, -0.1) is 0 Å². The molecule has 2 amide bonds. The first-order valence-electron chi connectivity index (χ1n) is 12.1. The van der Waals surface area contributed by atoms with E-state index in [0.717, 1.165) is 33.6 Å². The Morgan fingerprint density at radius 1 is 0.553 bits per heavy atom. The Balaban J connectivity index is 1.15. The van der Waals surface area contributed by atoms with E-state index >= 15 is 0 Å². The average Bonchev–Trinajstić information content (AvgIpc) is 3.59. The van der Waals surface area contributed by atoms with Gasteiger partial charge in [0.05, 0.1) is 0 Å². The zero-order valence-electron chi connectivity index (χ0n) is 20.8. The predicted molar refractivity (Wildman–Crippen MR) is 142 cm³/mol. The van der Waals surface area contributed by atoms with Gasteiger partial charge in [0, 0.05) is 22.5 Å². The van der Waals surface area contributed by atoms with Gasteiger partial charge in [0.1, 0.15) is 0 Å². The van der Waals surface area contributed by atoms with E-state index in [-0.39, 0.29) is 25.4 Å². The fourth-order valence-electron chi connectivity index (χ4n) is 4.43. The zero-order chi connectivity index (χ0) is 26.2. The van der Waals surface area contributed by atoms with Crippen LogP contribution in [0.4, 0.5) is 11.4 Å². The van der Waals surface area contributed by atoms with Crippen molar-refractivity contribution in [2.45, 2.75) is 13.8 Å². The smallest absolute Gasteiger partial charge is 0.255 e. The lowest BCUT2D eigenvalue weighted by Crippen LogP contribution is -2.13. The molecule has 8 nitrogen and oxygen atoms in total. The van der Waals surface area contributed by atoms with Crippen LogP contribution in [0.15, 0.2) is 72.8 Å². The van der Waals surface area contributed by atoms with E-state index in [9.17, 15) is 9.59 Å². The number of hydrogen-bond donors (Lipinski definition) is 2. The van der Waals surface area contributed by atoms with E-state index in [0.29, 0.717) is 34.1 Å². The number of carbonyl (C=O) groups excluding carboxylic acids is 2. The molecule has 0 aromatic heterocycles. The van der Waals surface area contributed by atoms with Gasteiger partial charge in [-0.1, -0.05) is 12.1 Å². The van der Waals surface area contributed by atoms with Crippen LogP contribution in [0, 0.1) is 13.8 Å². The molecule has 2 aliphatic rings. The van der Waals surface area contributed by atoms with Gasteiger partial charge >= 0.3 is 0 Å². The van der Waals surface area contributed by atoms with Gasteiger partial charge in [0.25, 0.3) is 11.8 Å². The van der Waals surface area contributed by atoms with Crippen LogP contribution in [0.2, 0.25) is 0 Å². The van der Waals surface area contributed by atoms with E-state index < -0.39 is 0 Å². The Morgan fingerprint density at radius 2 is 0.974 bits per heavy atom. The molecule has 4 aromatic rings. The third-order valence-electron chi connectivity index (χ3n) is 6.55. The van der Waals surface area contributed by atoms with Crippen LogP contribution in [0.25, 0.3) is 11.1 Å². The van der Waals surface area contributed by atoms with Crippen molar-refractivity contribution in [1.29, 1.82) is 0 Å². The van der Waals surface area contributed by atoms with Crippen molar-refractivity contribution in [2.75, 3.05) is 24.2 Å². The number of nitrogens with one attached hydrogen (secondary N) is 2. The zero-order valence-corrected chi connectivity index (χ0v) is 20.8. The summed E-state index contributed by atoms with van der Waals surface area (Å²) in [5.74, 6) is 1.95. The molecule has 8 heteroatoms. The van der Waals surface area contributed by atoms with Gasteiger partial charge in [0.15, 0.2) is 23.0 Å². The third kappa shape index (κ3) is 4.48. The lowest BCUT2D eigenvalue weighted by molar-refractivity contribution is 0.101. The van der Waals surface area contributed by atoms with Crippen molar-refractivity contribution in [3.05, 3.63) is 95.1 Å². The molecule has 0 saturated carbocycles. The standard InChI is InChI=1S/C30H24N2O6/c1-17-11-19(3-7-23(17)31-29(33)21-5-9-25-27(13-21)37-15-35-25)20-4-8-24(18(2)12-20)32-30(34)22-6-10-26-28(14-22)38-16-36-26/h3-14H,15-16H2,1-2H3,(H,31,33)(H,32,34). The first-order valence-corrected chi connectivity index (χ1v) is 12.1. The highest BCUT2D eigenvalue weighted by Crippen LogP contribution is 2.34. The summed E-state index contributed by atoms with van der Waals surface area (Å²) < 4.78 is 21.4. The highest BCUT2D eigenvalue weighted by Gasteiger charge is 2.18. The molecule has 0 spiro atoms. The molecule has 4 aromatic carbocycles.